The zero-order valence-corrected chi connectivity index (χ0v) is 13.9. The molecule has 0 bridgehead atoms. The Morgan fingerprint density at radius 1 is 1.35 bits per heavy atom. The largest absolute Gasteiger partial charge is 0.481 e. The predicted octanol–water partition coefficient (Wildman–Crippen LogP) is 1.81. The lowest BCUT2D eigenvalue weighted by Gasteiger charge is -2.25. The summed E-state index contributed by atoms with van der Waals surface area (Å²) in [5.74, 6) is 0.684. The lowest BCUT2D eigenvalue weighted by atomic mass is 10.0. The third-order valence-corrected chi connectivity index (χ3v) is 4.40. The molecular weight excluding hydrogens is 294 g/mol. The number of hydrogen-bond donors (Lipinski definition) is 0. The quantitative estimate of drug-likeness (QED) is 0.863. The molecule has 7 nitrogen and oxygen atoms in total. The van der Waals surface area contributed by atoms with Crippen molar-refractivity contribution < 1.29 is 9.53 Å². The first kappa shape index (κ1) is 15.5. The van der Waals surface area contributed by atoms with Gasteiger partial charge in [-0.25, -0.2) is 14.6 Å². The lowest BCUT2D eigenvalue weighted by Crippen LogP contribution is -2.31. The van der Waals surface area contributed by atoms with Crippen molar-refractivity contribution in [2.45, 2.75) is 32.7 Å². The molecule has 1 fully saturated rings. The van der Waals surface area contributed by atoms with E-state index in [2.05, 4.69) is 15.1 Å². The molecule has 1 aliphatic rings. The molecule has 1 aliphatic heterocycles. The fourth-order valence-corrected chi connectivity index (χ4v) is 3.34. The van der Waals surface area contributed by atoms with Gasteiger partial charge in [0, 0.05) is 19.8 Å². The Labute approximate surface area is 135 Å². The summed E-state index contributed by atoms with van der Waals surface area (Å²) in [5, 5.41) is 4.44. The first-order chi connectivity index (χ1) is 11.0. The van der Waals surface area contributed by atoms with Crippen LogP contribution in [0.15, 0.2) is 12.5 Å². The Morgan fingerprint density at radius 2 is 2.13 bits per heavy atom. The number of hydrogen-bond acceptors (Lipinski definition) is 5. The summed E-state index contributed by atoms with van der Waals surface area (Å²) in [6, 6.07) is -0.0224. The van der Waals surface area contributed by atoms with Crippen LogP contribution >= 0.6 is 0 Å². The smallest absolute Gasteiger partial charge is 0.257 e. The van der Waals surface area contributed by atoms with Crippen molar-refractivity contribution in [2.75, 3.05) is 13.7 Å². The molecule has 0 spiro atoms. The average molecular weight is 315 g/mol. The van der Waals surface area contributed by atoms with Gasteiger partial charge in [-0.2, -0.15) is 5.10 Å². The fraction of sp³-hybridized carbons (Fsp3) is 0.500. The van der Waals surface area contributed by atoms with Crippen molar-refractivity contribution >= 4 is 5.91 Å². The minimum atomic E-state index is -0.0316. The number of rotatable bonds is 3. The number of carbonyl (C=O) groups is 1. The molecule has 0 radical (unpaired) electrons. The normalized spacial score (nSPS) is 17.6. The van der Waals surface area contributed by atoms with E-state index >= 15 is 0 Å². The number of aryl methyl sites for hydroxylation is 3. The minimum Gasteiger partial charge on any atom is -0.481 e. The summed E-state index contributed by atoms with van der Waals surface area (Å²) >= 11 is 0. The van der Waals surface area contributed by atoms with E-state index in [1.807, 2.05) is 25.8 Å². The van der Waals surface area contributed by atoms with Crippen molar-refractivity contribution in [1.82, 2.24) is 24.6 Å². The second-order valence-electron chi connectivity index (χ2n) is 5.81. The van der Waals surface area contributed by atoms with E-state index in [1.165, 1.54) is 6.33 Å². The van der Waals surface area contributed by atoms with Crippen LogP contribution in [0.3, 0.4) is 0 Å². The van der Waals surface area contributed by atoms with E-state index < -0.39 is 0 Å². The maximum absolute atomic E-state index is 12.9. The van der Waals surface area contributed by atoms with E-state index in [-0.39, 0.29) is 11.9 Å². The van der Waals surface area contributed by atoms with Crippen LogP contribution in [0, 0.1) is 13.8 Å². The van der Waals surface area contributed by atoms with E-state index in [4.69, 9.17) is 4.74 Å². The molecule has 1 amide bonds. The third-order valence-electron chi connectivity index (χ3n) is 4.40. The Bertz CT molecular complexity index is 740. The summed E-state index contributed by atoms with van der Waals surface area (Å²) in [4.78, 5) is 23.0. The summed E-state index contributed by atoms with van der Waals surface area (Å²) in [6.45, 7) is 4.50. The van der Waals surface area contributed by atoms with Crippen molar-refractivity contribution in [3.63, 3.8) is 0 Å². The number of carbonyl (C=O) groups excluding carboxylic acids is 1. The summed E-state index contributed by atoms with van der Waals surface area (Å²) in [6.07, 6.45) is 4.91. The monoisotopic (exact) mass is 315 g/mol. The Kier molecular flexibility index (Phi) is 4.02. The molecule has 1 atom stereocenters. The molecule has 0 unspecified atom stereocenters. The van der Waals surface area contributed by atoms with Gasteiger partial charge in [-0.3, -0.25) is 4.79 Å². The van der Waals surface area contributed by atoms with Gasteiger partial charge in [0.15, 0.2) is 0 Å². The fourth-order valence-electron chi connectivity index (χ4n) is 3.34. The van der Waals surface area contributed by atoms with Gasteiger partial charge in [-0.1, -0.05) is 0 Å². The number of aromatic nitrogens is 4. The first-order valence-electron chi connectivity index (χ1n) is 7.69. The first-order valence-corrected chi connectivity index (χ1v) is 7.69. The van der Waals surface area contributed by atoms with Gasteiger partial charge in [-0.05, 0) is 26.7 Å². The molecule has 2 aromatic rings. The molecule has 23 heavy (non-hydrogen) atoms. The zero-order valence-electron chi connectivity index (χ0n) is 13.9. The van der Waals surface area contributed by atoms with E-state index in [0.29, 0.717) is 17.1 Å². The van der Waals surface area contributed by atoms with E-state index in [9.17, 15) is 4.79 Å². The number of nitrogens with zero attached hydrogens (tertiary/aromatic N) is 5. The Morgan fingerprint density at radius 3 is 2.83 bits per heavy atom. The van der Waals surface area contributed by atoms with Crippen molar-refractivity contribution in [2.24, 2.45) is 7.05 Å². The van der Waals surface area contributed by atoms with Crippen molar-refractivity contribution in [3.8, 4) is 5.88 Å². The SMILES string of the molecule is COc1c([C@@H]2CCCN2C(=O)c2cncnc2C)c(C)nn1C. The highest BCUT2D eigenvalue weighted by Crippen LogP contribution is 2.39. The number of amides is 1. The highest BCUT2D eigenvalue weighted by Gasteiger charge is 2.36. The van der Waals surface area contributed by atoms with Gasteiger partial charge < -0.3 is 9.64 Å². The van der Waals surface area contributed by atoms with Crippen molar-refractivity contribution in [1.29, 1.82) is 0 Å². The number of ether oxygens (including phenoxy) is 1. The topological polar surface area (TPSA) is 73.1 Å². The molecule has 7 heteroatoms. The van der Waals surface area contributed by atoms with Crippen LogP contribution in [0.1, 0.15) is 46.2 Å². The molecule has 1 saturated heterocycles. The minimum absolute atomic E-state index is 0.0224. The van der Waals surface area contributed by atoms with Crippen LogP contribution in [0.2, 0.25) is 0 Å². The zero-order chi connectivity index (χ0) is 16.6. The highest BCUT2D eigenvalue weighted by molar-refractivity contribution is 5.95. The predicted molar refractivity (Wildman–Crippen MR) is 84.3 cm³/mol. The van der Waals surface area contributed by atoms with Gasteiger partial charge in [0.2, 0.25) is 5.88 Å². The van der Waals surface area contributed by atoms with Crippen LogP contribution in [0.4, 0.5) is 0 Å². The van der Waals surface area contributed by atoms with Crippen molar-refractivity contribution in [3.05, 3.63) is 35.0 Å². The molecule has 0 N–H and O–H groups in total. The summed E-state index contributed by atoms with van der Waals surface area (Å²) < 4.78 is 7.23. The van der Waals surface area contributed by atoms with E-state index in [0.717, 1.165) is 30.6 Å². The van der Waals surface area contributed by atoms with Crippen LogP contribution in [0.5, 0.6) is 5.88 Å². The molecule has 2 aromatic heterocycles. The van der Waals surface area contributed by atoms with Crippen LogP contribution in [-0.4, -0.2) is 44.2 Å². The van der Waals surface area contributed by atoms with Gasteiger partial charge in [0.25, 0.3) is 5.91 Å². The Hall–Kier alpha value is -2.44. The second-order valence-corrected chi connectivity index (χ2v) is 5.81. The van der Waals surface area contributed by atoms with Gasteiger partial charge in [-0.15, -0.1) is 0 Å². The molecule has 0 aliphatic carbocycles. The summed E-state index contributed by atoms with van der Waals surface area (Å²) in [7, 11) is 3.49. The maximum atomic E-state index is 12.9. The van der Waals surface area contributed by atoms with Crippen LogP contribution < -0.4 is 4.74 Å². The molecular formula is C16H21N5O2. The molecule has 0 saturated carbocycles. The number of methoxy groups -OCH3 is 1. The highest BCUT2D eigenvalue weighted by atomic mass is 16.5. The molecule has 0 aromatic carbocycles. The van der Waals surface area contributed by atoms with Crippen LogP contribution in [-0.2, 0) is 7.05 Å². The molecule has 122 valence electrons. The van der Waals surface area contributed by atoms with Gasteiger partial charge in [0.05, 0.1) is 35.7 Å². The summed E-state index contributed by atoms with van der Waals surface area (Å²) in [5.41, 5.74) is 3.15. The number of likely N-dealkylation sites (tertiary alicyclic amines) is 1. The van der Waals surface area contributed by atoms with Gasteiger partial charge >= 0.3 is 0 Å². The standard InChI is InChI=1S/C16H21N5O2/c1-10-12(8-17-9-18-10)15(22)21-7-5-6-13(21)14-11(2)19-20(3)16(14)23-4/h8-9,13H,5-7H2,1-4H3/t13-/m0/s1. The molecule has 3 heterocycles. The Balaban J connectivity index is 1.98. The van der Waals surface area contributed by atoms with Gasteiger partial charge in [0.1, 0.15) is 6.33 Å². The lowest BCUT2D eigenvalue weighted by molar-refractivity contribution is 0.0732. The molecule has 3 rings (SSSR count). The maximum Gasteiger partial charge on any atom is 0.257 e. The average Bonchev–Trinajstić information content (AvgIpc) is 3.10. The second kappa shape index (κ2) is 5.98. The van der Waals surface area contributed by atoms with E-state index in [1.54, 1.807) is 18.0 Å². The van der Waals surface area contributed by atoms with Crippen LogP contribution in [0.25, 0.3) is 0 Å². The third kappa shape index (κ3) is 2.56.